The van der Waals surface area contributed by atoms with Crippen LogP contribution in [-0.2, 0) is 0 Å². The number of hydrogen-bond acceptors (Lipinski definition) is 1. The van der Waals surface area contributed by atoms with Crippen LogP contribution in [0.4, 0.5) is 0 Å². The van der Waals surface area contributed by atoms with Crippen molar-refractivity contribution < 1.29 is 0 Å². The Bertz CT molecular complexity index is 334. The molecule has 0 amide bonds. The number of allylic oxidation sites excluding steroid dienone is 4. The van der Waals surface area contributed by atoms with Gasteiger partial charge in [0.25, 0.3) is 0 Å². The molecule has 1 saturated carbocycles. The highest BCUT2D eigenvalue weighted by Crippen LogP contribution is 2.37. The Kier molecular flexibility index (Phi) is 9.21. The Balaban J connectivity index is 2.13. The van der Waals surface area contributed by atoms with Crippen LogP contribution in [0.15, 0.2) is 36.6 Å². The zero-order valence-corrected chi connectivity index (χ0v) is 14.5. The van der Waals surface area contributed by atoms with Crippen LogP contribution < -0.4 is 0 Å². The maximum atomic E-state index is 4.28. The second-order valence-electron chi connectivity index (χ2n) is 6.53. The highest BCUT2D eigenvalue weighted by molar-refractivity contribution is 5.09. The summed E-state index contributed by atoms with van der Waals surface area (Å²) in [5, 5.41) is 0. The predicted octanol–water partition coefficient (Wildman–Crippen LogP) is 6.09. The predicted molar refractivity (Wildman–Crippen MR) is 95.4 cm³/mol. The van der Waals surface area contributed by atoms with E-state index in [2.05, 4.69) is 56.6 Å². The van der Waals surface area contributed by atoms with Crippen LogP contribution in [-0.4, -0.2) is 17.5 Å². The van der Waals surface area contributed by atoms with Crippen LogP contribution in [0.5, 0.6) is 0 Å². The van der Waals surface area contributed by atoms with Gasteiger partial charge in [0.2, 0.25) is 0 Å². The Morgan fingerprint density at radius 3 is 2.24 bits per heavy atom. The summed E-state index contributed by atoms with van der Waals surface area (Å²) in [6.07, 6.45) is 19.6. The third-order valence-electron chi connectivity index (χ3n) is 4.15. The molecule has 1 heteroatoms. The smallest absolute Gasteiger partial charge is 0.0359 e. The molecule has 120 valence electrons. The molecule has 1 aliphatic carbocycles. The van der Waals surface area contributed by atoms with E-state index in [0.29, 0.717) is 6.04 Å². The molecule has 0 aromatic rings. The van der Waals surface area contributed by atoms with Crippen molar-refractivity contribution in [1.29, 1.82) is 0 Å². The molecule has 1 aliphatic rings. The summed E-state index contributed by atoms with van der Waals surface area (Å²) in [4.78, 5) is 2.45. The van der Waals surface area contributed by atoms with Gasteiger partial charge in [-0.25, -0.2) is 0 Å². The van der Waals surface area contributed by atoms with Crippen molar-refractivity contribution in [1.82, 2.24) is 4.90 Å². The first-order chi connectivity index (χ1) is 10.2. The molecule has 0 spiro atoms. The van der Waals surface area contributed by atoms with Crippen molar-refractivity contribution >= 4 is 0 Å². The Labute approximate surface area is 132 Å². The van der Waals surface area contributed by atoms with Gasteiger partial charge in [0.05, 0.1) is 0 Å². The number of rotatable bonds is 12. The molecule has 0 heterocycles. The lowest BCUT2D eigenvalue weighted by Crippen LogP contribution is -2.30. The molecule has 0 aromatic heterocycles. The highest BCUT2D eigenvalue weighted by atomic mass is 15.2. The lowest BCUT2D eigenvalue weighted by atomic mass is 10.2. The quantitative estimate of drug-likeness (QED) is 0.310. The van der Waals surface area contributed by atoms with Gasteiger partial charge >= 0.3 is 0 Å². The van der Waals surface area contributed by atoms with Crippen molar-refractivity contribution in [2.75, 3.05) is 6.54 Å². The van der Waals surface area contributed by atoms with Gasteiger partial charge in [0.15, 0.2) is 0 Å². The lowest BCUT2D eigenvalue weighted by molar-refractivity contribution is 0.298. The van der Waals surface area contributed by atoms with Gasteiger partial charge in [-0.3, -0.25) is 0 Å². The van der Waals surface area contributed by atoms with Gasteiger partial charge in [0, 0.05) is 18.3 Å². The van der Waals surface area contributed by atoms with Crippen LogP contribution >= 0.6 is 0 Å². The van der Waals surface area contributed by atoms with E-state index in [1.54, 1.807) is 0 Å². The second-order valence-corrected chi connectivity index (χ2v) is 6.53. The van der Waals surface area contributed by atoms with E-state index in [9.17, 15) is 0 Å². The van der Waals surface area contributed by atoms with Crippen LogP contribution in [0.1, 0.15) is 72.1 Å². The van der Waals surface area contributed by atoms with Crippen molar-refractivity contribution in [3.8, 4) is 0 Å². The average Bonchev–Trinajstić information content (AvgIpc) is 3.28. The van der Waals surface area contributed by atoms with E-state index >= 15 is 0 Å². The fourth-order valence-corrected chi connectivity index (χ4v) is 2.56. The van der Waals surface area contributed by atoms with E-state index in [-0.39, 0.29) is 0 Å². The van der Waals surface area contributed by atoms with Gasteiger partial charge in [-0.05, 0) is 58.3 Å². The molecule has 1 rings (SSSR count). The van der Waals surface area contributed by atoms with Gasteiger partial charge in [-0.2, -0.15) is 0 Å². The van der Waals surface area contributed by atoms with Crippen molar-refractivity contribution in [2.45, 2.75) is 78.2 Å². The van der Waals surface area contributed by atoms with E-state index < -0.39 is 0 Å². The fourth-order valence-electron chi connectivity index (χ4n) is 2.56. The summed E-state index contributed by atoms with van der Waals surface area (Å²) in [5.41, 5.74) is 1.35. The Morgan fingerprint density at radius 1 is 1.05 bits per heavy atom. The van der Waals surface area contributed by atoms with E-state index in [1.165, 1.54) is 50.6 Å². The normalized spacial score (nSPS) is 15.4. The SMILES string of the molecule is C=C(C1CC1)N(C/C=C\CC/C=C\CCCCC)C(C)C. The summed E-state index contributed by atoms with van der Waals surface area (Å²) in [6, 6.07) is 0.557. The first kappa shape index (κ1) is 18.1. The molecular formula is C20H35N. The lowest BCUT2D eigenvalue weighted by Gasteiger charge is -2.29. The van der Waals surface area contributed by atoms with Gasteiger partial charge in [0.1, 0.15) is 0 Å². The first-order valence-electron chi connectivity index (χ1n) is 8.92. The minimum absolute atomic E-state index is 0.557. The Hall–Kier alpha value is -0.980. The van der Waals surface area contributed by atoms with Crippen molar-refractivity contribution in [3.05, 3.63) is 36.6 Å². The summed E-state index contributed by atoms with van der Waals surface area (Å²) >= 11 is 0. The molecule has 0 unspecified atom stereocenters. The fraction of sp³-hybridized carbons (Fsp3) is 0.700. The zero-order valence-electron chi connectivity index (χ0n) is 14.5. The number of unbranched alkanes of at least 4 members (excludes halogenated alkanes) is 4. The third kappa shape index (κ3) is 8.14. The number of nitrogens with zero attached hydrogens (tertiary/aromatic N) is 1. The summed E-state index contributed by atoms with van der Waals surface area (Å²) in [5.74, 6) is 0.770. The van der Waals surface area contributed by atoms with Crippen molar-refractivity contribution in [2.24, 2.45) is 5.92 Å². The molecule has 0 aliphatic heterocycles. The summed E-state index contributed by atoms with van der Waals surface area (Å²) < 4.78 is 0. The highest BCUT2D eigenvalue weighted by Gasteiger charge is 2.28. The maximum absolute atomic E-state index is 4.28. The maximum Gasteiger partial charge on any atom is 0.0359 e. The van der Waals surface area contributed by atoms with Crippen LogP contribution in [0.25, 0.3) is 0 Å². The minimum atomic E-state index is 0.557. The minimum Gasteiger partial charge on any atom is -0.369 e. The first-order valence-corrected chi connectivity index (χ1v) is 8.92. The second kappa shape index (κ2) is 10.7. The van der Waals surface area contributed by atoms with Crippen LogP contribution in [0, 0.1) is 5.92 Å². The summed E-state index contributed by atoms with van der Waals surface area (Å²) in [7, 11) is 0. The van der Waals surface area contributed by atoms with E-state index in [0.717, 1.165) is 18.9 Å². The molecule has 0 aromatic carbocycles. The molecule has 0 saturated heterocycles. The van der Waals surface area contributed by atoms with Crippen molar-refractivity contribution in [3.63, 3.8) is 0 Å². The van der Waals surface area contributed by atoms with Crippen LogP contribution in [0.3, 0.4) is 0 Å². The topological polar surface area (TPSA) is 3.24 Å². The standard InChI is InChI=1S/C20H35N/c1-5-6-7-8-9-10-11-12-13-14-17-21(18(2)3)19(4)20-15-16-20/h9-10,13-14,18,20H,4-8,11-12,15-17H2,1-3H3/b10-9-,14-13-. The molecule has 0 radical (unpaired) electrons. The summed E-state index contributed by atoms with van der Waals surface area (Å²) in [6.45, 7) is 12.1. The number of hydrogen-bond donors (Lipinski definition) is 0. The largest absolute Gasteiger partial charge is 0.369 e. The average molecular weight is 290 g/mol. The molecule has 1 fully saturated rings. The molecule has 0 N–H and O–H groups in total. The molecule has 0 bridgehead atoms. The third-order valence-corrected chi connectivity index (χ3v) is 4.15. The van der Waals surface area contributed by atoms with E-state index in [1.807, 2.05) is 0 Å². The molecule has 0 atom stereocenters. The van der Waals surface area contributed by atoms with Crippen LogP contribution in [0.2, 0.25) is 0 Å². The monoisotopic (exact) mass is 289 g/mol. The van der Waals surface area contributed by atoms with Gasteiger partial charge < -0.3 is 4.90 Å². The van der Waals surface area contributed by atoms with Gasteiger partial charge in [-0.15, -0.1) is 0 Å². The Morgan fingerprint density at radius 2 is 1.67 bits per heavy atom. The molecule has 21 heavy (non-hydrogen) atoms. The molecule has 1 nitrogen and oxygen atoms in total. The zero-order chi connectivity index (χ0) is 15.5. The van der Waals surface area contributed by atoms with E-state index in [4.69, 9.17) is 0 Å². The molecular weight excluding hydrogens is 254 g/mol. The van der Waals surface area contributed by atoms with Gasteiger partial charge in [-0.1, -0.05) is 50.6 Å².